The Labute approximate surface area is 101 Å². The number of aryl methyl sites for hydroxylation is 1. The third kappa shape index (κ3) is 3.27. The van der Waals surface area contributed by atoms with E-state index in [0.29, 0.717) is 12.4 Å². The third-order valence-corrected chi connectivity index (χ3v) is 4.27. The average molecular weight is 258 g/mol. The first kappa shape index (κ1) is 12.5. The molecule has 1 fully saturated rings. The van der Waals surface area contributed by atoms with Crippen LogP contribution in [0.2, 0.25) is 0 Å². The van der Waals surface area contributed by atoms with Gasteiger partial charge >= 0.3 is 0 Å². The van der Waals surface area contributed by atoms with Crippen LogP contribution in [0.5, 0.6) is 0 Å². The van der Waals surface area contributed by atoms with Crippen molar-refractivity contribution in [1.82, 2.24) is 20.0 Å². The summed E-state index contributed by atoms with van der Waals surface area (Å²) in [4.78, 5) is 6.64. The lowest BCUT2D eigenvalue weighted by atomic mass is 10.2. The van der Waals surface area contributed by atoms with Crippen molar-refractivity contribution in [2.24, 2.45) is 0 Å². The molecular formula is C10H18N4O2S. The van der Waals surface area contributed by atoms with E-state index in [2.05, 4.69) is 20.0 Å². The zero-order chi connectivity index (χ0) is 12.3. The Morgan fingerprint density at radius 3 is 3.00 bits per heavy atom. The molecule has 1 aromatic rings. The molecule has 0 saturated carbocycles. The van der Waals surface area contributed by atoms with Gasteiger partial charge in [0.25, 0.3) is 10.0 Å². The van der Waals surface area contributed by atoms with Crippen molar-refractivity contribution in [3.8, 4) is 0 Å². The quantitative estimate of drug-likeness (QED) is 0.719. The fourth-order valence-corrected chi connectivity index (χ4v) is 3.18. The number of sulfonamides is 1. The molecule has 2 heterocycles. The van der Waals surface area contributed by atoms with Gasteiger partial charge in [0.15, 0.2) is 5.03 Å². The van der Waals surface area contributed by atoms with Gasteiger partial charge in [-0.25, -0.2) is 18.1 Å². The summed E-state index contributed by atoms with van der Waals surface area (Å²) in [6, 6.07) is -0.0360. The summed E-state index contributed by atoms with van der Waals surface area (Å²) < 4.78 is 26.7. The zero-order valence-electron chi connectivity index (χ0n) is 9.86. The molecule has 0 amide bonds. The molecule has 2 rings (SSSR count). The van der Waals surface area contributed by atoms with Crippen molar-refractivity contribution < 1.29 is 8.42 Å². The van der Waals surface area contributed by atoms with Crippen LogP contribution in [0.25, 0.3) is 0 Å². The van der Waals surface area contributed by atoms with Crippen LogP contribution in [-0.2, 0) is 10.0 Å². The number of aromatic amines is 1. The van der Waals surface area contributed by atoms with Crippen LogP contribution in [0.15, 0.2) is 11.2 Å². The highest BCUT2D eigenvalue weighted by Crippen LogP contribution is 2.10. The molecule has 0 aliphatic carbocycles. The highest BCUT2D eigenvalue weighted by Gasteiger charge is 2.22. The van der Waals surface area contributed by atoms with Crippen LogP contribution in [-0.4, -0.2) is 37.5 Å². The maximum atomic E-state index is 12.0. The number of H-pyrrole nitrogens is 1. The number of aromatic nitrogens is 2. The van der Waals surface area contributed by atoms with Gasteiger partial charge in [-0.2, -0.15) is 0 Å². The lowest BCUT2D eigenvalue weighted by Crippen LogP contribution is -2.40. The number of rotatable bonds is 3. The number of nitrogens with zero attached hydrogens (tertiary/aromatic N) is 1. The van der Waals surface area contributed by atoms with Crippen LogP contribution < -0.4 is 10.0 Å². The highest BCUT2D eigenvalue weighted by atomic mass is 32.2. The number of imidazole rings is 1. The molecule has 0 aromatic carbocycles. The molecule has 17 heavy (non-hydrogen) atoms. The van der Waals surface area contributed by atoms with E-state index in [0.717, 1.165) is 25.8 Å². The second-order valence-corrected chi connectivity index (χ2v) is 6.03. The van der Waals surface area contributed by atoms with Gasteiger partial charge in [-0.3, -0.25) is 0 Å². The van der Waals surface area contributed by atoms with Crippen LogP contribution >= 0.6 is 0 Å². The van der Waals surface area contributed by atoms with Crippen LogP contribution in [0.3, 0.4) is 0 Å². The molecule has 0 radical (unpaired) electrons. The smallest absolute Gasteiger partial charge is 0.257 e. The van der Waals surface area contributed by atoms with Crippen LogP contribution in [0.1, 0.15) is 25.1 Å². The predicted octanol–water partition coefficient (Wildman–Crippen LogP) is 0.139. The third-order valence-electron chi connectivity index (χ3n) is 2.84. The summed E-state index contributed by atoms with van der Waals surface area (Å²) in [5.74, 6) is 0.601. The lowest BCUT2D eigenvalue weighted by Gasteiger charge is -2.15. The molecule has 7 heteroatoms. The van der Waals surface area contributed by atoms with Crippen LogP contribution in [0, 0.1) is 6.92 Å². The van der Waals surface area contributed by atoms with Crippen molar-refractivity contribution in [3.63, 3.8) is 0 Å². The minimum absolute atomic E-state index is 0.0360. The summed E-state index contributed by atoms with van der Waals surface area (Å²) in [5, 5.41) is 3.36. The van der Waals surface area contributed by atoms with Gasteiger partial charge in [-0.1, -0.05) is 6.42 Å². The number of nitrogens with one attached hydrogen (secondary N) is 3. The van der Waals surface area contributed by atoms with Crippen molar-refractivity contribution in [3.05, 3.63) is 12.0 Å². The zero-order valence-corrected chi connectivity index (χ0v) is 10.7. The molecule has 0 bridgehead atoms. The molecule has 96 valence electrons. The maximum Gasteiger partial charge on any atom is 0.257 e. The summed E-state index contributed by atoms with van der Waals surface area (Å²) in [5.41, 5.74) is 0. The molecule has 1 atom stereocenters. The van der Waals surface area contributed by atoms with Crippen molar-refractivity contribution in [2.75, 3.05) is 13.1 Å². The largest absolute Gasteiger partial charge is 0.332 e. The lowest BCUT2D eigenvalue weighted by molar-refractivity contribution is 0.519. The first-order valence-corrected chi connectivity index (χ1v) is 7.31. The van der Waals surface area contributed by atoms with Gasteiger partial charge in [-0.05, 0) is 26.3 Å². The van der Waals surface area contributed by atoms with Gasteiger partial charge in [-0.15, -0.1) is 0 Å². The Morgan fingerprint density at radius 1 is 1.47 bits per heavy atom. The molecule has 1 unspecified atom stereocenters. The minimum atomic E-state index is -3.46. The Kier molecular flexibility index (Phi) is 3.80. The number of hydrogen-bond acceptors (Lipinski definition) is 4. The first-order valence-electron chi connectivity index (χ1n) is 5.82. The second kappa shape index (κ2) is 5.16. The highest BCUT2D eigenvalue weighted by molar-refractivity contribution is 7.89. The van der Waals surface area contributed by atoms with E-state index >= 15 is 0 Å². The molecule has 1 saturated heterocycles. The molecule has 0 spiro atoms. The van der Waals surface area contributed by atoms with Gasteiger partial charge in [0.2, 0.25) is 0 Å². The van der Waals surface area contributed by atoms with Crippen molar-refractivity contribution in [1.29, 1.82) is 0 Å². The van der Waals surface area contributed by atoms with Gasteiger partial charge in [0.1, 0.15) is 5.82 Å². The van der Waals surface area contributed by atoms with E-state index in [-0.39, 0.29) is 11.1 Å². The monoisotopic (exact) mass is 258 g/mol. The predicted molar refractivity (Wildman–Crippen MR) is 64.2 cm³/mol. The van der Waals surface area contributed by atoms with Gasteiger partial charge in [0, 0.05) is 12.6 Å². The Bertz CT molecular complexity index is 460. The van der Waals surface area contributed by atoms with E-state index in [1.165, 1.54) is 6.20 Å². The Balaban J connectivity index is 2.06. The summed E-state index contributed by atoms with van der Waals surface area (Å²) >= 11 is 0. The normalized spacial score (nSPS) is 22.3. The summed E-state index contributed by atoms with van der Waals surface area (Å²) in [6.45, 7) is 3.37. The summed E-state index contributed by atoms with van der Waals surface area (Å²) in [7, 11) is -3.46. The average Bonchev–Trinajstić information content (AvgIpc) is 2.55. The molecule has 6 nitrogen and oxygen atoms in total. The molecule has 1 aromatic heterocycles. The van der Waals surface area contributed by atoms with Crippen molar-refractivity contribution >= 4 is 10.0 Å². The van der Waals surface area contributed by atoms with Crippen LogP contribution in [0.4, 0.5) is 0 Å². The SMILES string of the molecule is Cc1ncc(S(=O)(=O)NC2CCCCNC2)[nH]1. The molecule has 1 aliphatic rings. The fraction of sp³-hybridized carbons (Fsp3) is 0.700. The van der Waals surface area contributed by atoms with E-state index in [1.54, 1.807) is 6.92 Å². The fourth-order valence-electron chi connectivity index (χ4n) is 1.94. The molecular weight excluding hydrogens is 240 g/mol. The Hall–Kier alpha value is -0.920. The first-order chi connectivity index (χ1) is 8.08. The minimum Gasteiger partial charge on any atom is -0.332 e. The molecule has 1 aliphatic heterocycles. The van der Waals surface area contributed by atoms with E-state index < -0.39 is 10.0 Å². The molecule has 3 N–H and O–H groups in total. The van der Waals surface area contributed by atoms with E-state index in [9.17, 15) is 8.42 Å². The van der Waals surface area contributed by atoms with Crippen molar-refractivity contribution in [2.45, 2.75) is 37.3 Å². The van der Waals surface area contributed by atoms with Gasteiger partial charge < -0.3 is 10.3 Å². The Morgan fingerprint density at radius 2 is 2.29 bits per heavy atom. The van der Waals surface area contributed by atoms with E-state index in [1.807, 2.05) is 0 Å². The standard InChI is InChI=1S/C10H18N4O2S/c1-8-12-7-10(13-8)17(15,16)14-9-4-2-3-5-11-6-9/h7,9,11,14H,2-6H2,1H3,(H,12,13). The maximum absolute atomic E-state index is 12.0. The van der Waals surface area contributed by atoms with Gasteiger partial charge in [0.05, 0.1) is 6.20 Å². The topological polar surface area (TPSA) is 86.9 Å². The second-order valence-electron chi connectivity index (χ2n) is 4.35. The summed E-state index contributed by atoms with van der Waals surface area (Å²) in [6.07, 6.45) is 4.37. The van der Waals surface area contributed by atoms with E-state index in [4.69, 9.17) is 0 Å². The number of hydrogen-bond donors (Lipinski definition) is 3.